The summed E-state index contributed by atoms with van der Waals surface area (Å²) in [6.45, 7) is 17.3. The fourth-order valence-electron chi connectivity index (χ4n) is 7.54. The van der Waals surface area contributed by atoms with Gasteiger partial charge in [-0.1, -0.05) is 84.4 Å². The molecule has 1 aromatic heterocycles. The molecule has 0 saturated carbocycles. The quantitative estimate of drug-likeness (QED) is 0.0352. The summed E-state index contributed by atoms with van der Waals surface area (Å²) < 4.78 is 11.0. The molecule has 21 heteroatoms. The van der Waals surface area contributed by atoms with Gasteiger partial charge < -0.3 is 51.2 Å². The number of rotatable bonds is 27. The van der Waals surface area contributed by atoms with Crippen LogP contribution < -0.4 is 26.6 Å². The first-order chi connectivity index (χ1) is 34.2. The van der Waals surface area contributed by atoms with Crippen molar-refractivity contribution < 1.29 is 58.0 Å². The lowest BCUT2D eigenvalue weighted by molar-refractivity contribution is -0.149. The molecule has 0 radical (unpaired) electrons. The lowest BCUT2D eigenvalue weighted by Gasteiger charge is -2.38. The van der Waals surface area contributed by atoms with Crippen molar-refractivity contribution in [2.75, 3.05) is 26.5 Å². The van der Waals surface area contributed by atoms with Crippen molar-refractivity contribution in [2.45, 2.75) is 150 Å². The highest BCUT2D eigenvalue weighted by Crippen LogP contribution is 2.32. The smallest absolute Gasteiger partial charge is 0.408 e. The zero-order chi connectivity index (χ0) is 54.9. The van der Waals surface area contributed by atoms with Crippen LogP contribution in [-0.4, -0.2) is 129 Å². The number of amides is 6. The molecule has 1 heterocycles. The number of hydrogen-bond donors (Lipinski definition) is 7. The molecule has 402 valence electrons. The first-order valence-corrected chi connectivity index (χ1v) is 25.3. The highest BCUT2D eigenvalue weighted by Gasteiger charge is 2.39. The molecule has 0 unspecified atom stereocenters. The fourth-order valence-corrected chi connectivity index (χ4v) is 8.38. The first-order valence-electron chi connectivity index (χ1n) is 24.5. The summed E-state index contributed by atoms with van der Waals surface area (Å²) in [5.74, 6) is -5.35. The van der Waals surface area contributed by atoms with Crippen LogP contribution in [0.3, 0.4) is 0 Å². The van der Waals surface area contributed by atoms with Crippen LogP contribution in [0.5, 0.6) is 5.75 Å². The van der Waals surface area contributed by atoms with E-state index in [4.69, 9.17) is 9.47 Å². The number of hydrogen-bond acceptors (Lipinski definition) is 14. The molecule has 0 aliphatic carbocycles. The minimum absolute atomic E-state index is 0.00814. The van der Waals surface area contributed by atoms with Gasteiger partial charge in [-0.15, -0.1) is 11.3 Å². The molecule has 20 nitrogen and oxygen atoms in total. The summed E-state index contributed by atoms with van der Waals surface area (Å²) in [7, 11) is 5.22. The molecule has 0 spiro atoms. The zero-order valence-electron chi connectivity index (χ0n) is 44.4. The number of carboxylic acids is 1. The van der Waals surface area contributed by atoms with Gasteiger partial charge in [-0.05, 0) is 88.7 Å². The SMILES string of the molecule is CC[C@H](C)[C@H](NC(=O)C(C)(C)N(C)C)C(=O)N(C)[C@H](C[C@@H](OC(C)=O)c1nc(C(=O)N[C@H](CCC(=O)O)Cc2ccc(O)c(NC(=O)[C@H](C)NC(=O)[C@@H](NC(=O)OCc3ccccc3)C(C)C)c2)cs1)C(C)C. The first kappa shape index (κ1) is 60.7. The van der Waals surface area contributed by atoms with E-state index in [2.05, 4.69) is 31.6 Å². The summed E-state index contributed by atoms with van der Waals surface area (Å²) in [4.78, 5) is 113. The number of likely N-dealkylation sites (N-methyl/N-ethyl adjacent to an activating group) is 2. The van der Waals surface area contributed by atoms with Crippen molar-refractivity contribution in [3.63, 3.8) is 0 Å². The number of nitrogens with zero attached hydrogens (tertiary/aromatic N) is 3. The third-order valence-corrected chi connectivity index (χ3v) is 13.8. The number of anilines is 1. The van der Waals surface area contributed by atoms with Gasteiger partial charge in [0.2, 0.25) is 23.6 Å². The van der Waals surface area contributed by atoms with E-state index in [1.54, 1.807) is 89.0 Å². The summed E-state index contributed by atoms with van der Waals surface area (Å²) in [6.07, 6.45) is -1.31. The number of aliphatic carboxylic acids is 1. The van der Waals surface area contributed by atoms with Gasteiger partial charge in [0.25, 0.3) is 5.91 Å². The van der Waals surface area contributed by atoms with Gasteiger partial charge in [0.05, 0.1) is 11.2 Å². The predicted molar refractivity (Wildman–Crippen MR) is 276 cm³/mol. The minimum atomic E-state index is -1.13. The third-order valence-electron chi connectivity index (χ3n) is 12.9. The number of carboxylic acid groups (broad SMARTS) is 1. The Hall–Kier alpha value is -6.61. The number of thiazole rings is 1. The Balaban J connectivity index is 1.77. The molecular formula is C52H76N8O12S. The molecule has 6 amide bonds. The topological polar surface area (TPSA) is 275 Å². The average molecular weight is 1040 g/mol. The summed E-state index contributed by atoms with van der Waals surface area (Å²) in [5, 5.41) is 35.7. The maximum atomic E-state index is 14.3. The lowest BCUT2D eigenvalue weighted by Crippen LogP contribution is -2.60. The average Bonchev–Trinajstić information content (AvgIpc) is 3.83. The van der Waals surface area contributed by atoms with E-state index in [1.165, 1.54) is 31.4 Å². The number of carbonyl (C=O) groups is 8. The van der Waals surface area contributed by atoms with Crippen LogP contribution in [0.2, 0.25) is 0 Å². The van der Waals surface area contributed by atoms with Gasteiger partial charge in [-0.3, -0.25) is 38.5 Å². The predicted octanol–water partition coefficient (Wildman–Crippen LogP) is 5.80. The Morgan fingerprint density at radius 2 is 1.48 bits per heavy atom. The van der Waals surface area contributed by atoms with Gasteiger partial charge in [0.15, 0.2) is 6.10 Å². The molecule has 3 rings (SSSR count). The van der Waals surface area contributed by atoms with E-state index in [0.29, 0.717) is 12.0 Å². The van der Waals surface area contributed by atoms with E-state index in [1.807, 2.05) is 33.8 Å². The van der Waals surface area contributed by atoms with Crippen LogP contribution in [0.4, 0.5) is 10.5 Å². The summed E-state index contributed by atoms with van der Waals surface area (Å²) in [6, 6.07) is 9.04. The van der Waals surface area contributed by atoms with Gasteiger partial charge in [-0.25, -0.2) is 9.78 Å². The van der Waals surface area contributed by atoms with Crippen LogP contribution in [0, 0.1) is 17.8 Å². The second-order valence-electron chi connectivity index (χ2n) is 19.8. The molecule has 0 aliphatic heterocycles. The Kier molecular flexibility index (Phi) is 23.3. The normalized spacial score (nSPS) is 14.4. The second-order valence-corrected chi connectivity index (χ2v) is 20.7. The number of nitrogens with one attached hydrogen (secondary N) is 5. The molecule has 0 aliphatic rings. The van der Waals surface area contributed by atoms with E-state index in [-0.39, 0.29) is 84.0 Å². The number of benzene rings is 2. The van der Waals surface area contributed by atoms with E-state index < -0.39 is 77.6 Å². The van der Waals surface area contributed by atoms with Crippen molar-refractivity contribution >= 4 is 64.6 Å². The van der Waals surface area contributed by atoms with E-state index >= 15 is 0 Å². The number of ether oxygens (including phenoxy) is 2. The molecule has 0 bridgehead atoms. The van der Waals surface area contributed by atoms with Crippen molar-refractivity contribution in [1.82, 2.24) is 36.1 Å². The van der Waals surface area contributed by atoms with Crippen molar-refractivity contribution in [1.29, 1.82) is 0 Å². The Morgan fingerprint density at radius 1 is 0.822 bits per heavy atom. The molecule has 0 saturated heterocycles. The number of aromatic nitrogens is 1. The second kappa shape index (κ2) is 28.0. The van der Waals surface area contributed by atoms with Crippen molar-refractivity contribution in [2.24, 2.45) is 17.8 Å². The highest BCUT2D eigenvalue weighted by atomic mass is 32.1. The van der Waals surface area contributed by atoms with Crippen molar-refractivity contribution in [3.05, 3.63) is 75.7 Å². The number of phenols is 1. The minimum Gasteiger partial charge on any atom is -0.506 e. The molecule has 3 aromatic rings. The monoisotopic (exact) mass is 1040 g/mol. The van der Waals surface area contributed by atoms with Crippen LogP contribution in [0.15, 0.2) is 53.9 Å². The van der Waals surface area contributed by atoms with E-state index in [0.717, 1.165) is 16.9 Å². The van der Waals surface area contributed by atoms with E-state index in [9.17, 15) is 48.6 Å². The number of esters is 1. The largest absolute Gasteiger partial charge is 0.506 e. The molecule has 2 aromatic carbocycles. The molecule has 73 heavy (non-hydrogen) atoms. The Bertz CT molecular complexity index is 2370. The number of alkyl carbamates (subject to hydrolysis) is 1. The highest BCUT2D eigenvalue weighted by molar-refractivity contribution is 7.09. The molecule has 7 atom stereocenters. The third kappa shape index (κ3) is 18.4. The van der Waals surface area contributed by atoms with Gasteiger partial charge in [0.1, 0.15) is 41.2 Å². The summed E-state index contributed by atoms with van der Waals surface area (Å²) >= 11 is 1.07. The Labute approximate surface area is 432 Å². The molecule has 7 N–H and O–H groups in total. The number of aromatic hydroxyl groups is 1. The van der Waals surface area contributed by atoms with Crippen LogP contribution in [-0.2, 0) is 51.3 Å². The van der Waals surface area contributed by atoms with Gasteiger partial charge in [0, 0.05) is 44.3 Å². The standard InChI is InChI=1S/C52H76N8O12S/c1-14-31(6)44(57-50(69)52(9,10)59(11)12)49(68)60(13)39(29(2)3)26-41(72-33(8)61)48-56-38(28-73-48)46(66)54-36(21-23-42(63)64)24-35-20-22-40(62)37(25-35)55-45(65)32(7)53-47(67)43(30(4)5)58-51(70)71-27-34-18-16-15-17-19-34/h15-20,22,25,28-32,36,39,41,43-44,62H,14,21,23-24,26-27H2,1-13H3,(H,53,67)(H,54,66)(H,55,65)(H,57,69)(H,58,70)(H,63,64)/t31-,32-,36+,39+,41+,43-,44-/m0/s1. The van der Waals surface area contributed by atoms with Gasteiger partial charge in [-0.2, -0.15) is 0 Å². The molecular weight excluding hydrogens is 961 g/mol. The van der Waals surface area contributed by atoms with Crippen LogP contribution >= 0.6 is 11.3 Å². The number of phenolic OH excluding ortho intramolecular Hbond substituents is 1. The van der Waals surface area contributed by atoms with Crippen LogP contribution in [0.1, 0.15) is 128 Å². The van der Waals surface area contributed by atoms with Crippen molar-refractivity contribution in [3.8, 4) is 5.75 Å². The number of carbonyl (C=O) groups excluding carboxylic acids is 7. The molecule has 0 fully saturated rings. The Morgan fingerprint density at radius 3 is 2.05 bits per heavy atom. The zero-order valence-corrected chi connectivity index (χ0v) is 45.2. The fraction of sp³-hybridized carbons (Fsp3) is 0.558. The summed E-state index contributed by atoms with van der Waals surface area (Å²) in [5.41, 5.74) is 0.318. The van der Waals surface area contributed by atoms with Gasteiger partial charge >= 0.3 is 18.0 Å². The van der Waals surface area contributed by atoms with Crippen LogP contribution in [0.25, 0.3) is 0 Å². The maximum Gasteiger partial charge on any atom is 0.408 e. The maximum absolute atomic E-state index is 14.3. The lowest BCUT2D eigenvalue weighted by atomic mass is 9.92.